The van der Waals surface area contributed by atoms with Gasteiger partial charge in [0.1, 0.15) is 0 Å². The second-order valence-corrected chi connectivity index (χ2v) is 6.17. The third kappa shape index (κ3) is 6.34. The number of halogens is 1. The Balaban J connectivity index is 2.26. The SMILES string of the molecule is CSCCCCCCNc1ccc(C(=O)O)c(Br)c1. The molecule has 0 aromatic heterocycles. The van der Waals surface area contributed by atoms with E-state index in [1.54, 1.807) is 6.07 Å². The summed E-state index contributed by atoms with van der Waals surface area (Å²) in [4.78, 5) is 10.9. The Morgan fingerprint density at radius 3 is 2.68 bits per heavy atom. The summed E-state index contributed by atoms with van der Waals surface area (Å²) >= 11 is 5.17. The maximum absolute atomic E-state index is 10.9. The molecule has 0 spiro atoms. The smallest absolute Gasteiger partial charge is 0.336 e. The molecule has 0 bridgehead atoms. The van der Waals surface area contributed by atoms with E-state index in [4.69, 9.17) is 5.11 Å². The number of hydrogen-bond donors (Lipinski definition) is 2. The molecule has 0 saturated carbocycles. The Kier molecular flexibility index (Phi) is 7.98. The van der Waals surface area contributed by atoms with Crippen molar-refractivity contribution in [2.45, 2.75) is 25.7 Å². The molecule has 106 valence electrons. The number of hydrogen-bond acceptors (Lipinski definition) is 3. The monoisotopic (exact) mass is 345 g/mol. The van der Waals surface area contributed by atoms with Crippen LogP contribution in [-0.2, 0) is 0 Å². The van der Waals surface area contributed by atoms with Crippen molar-refractivity contribution in [3.63, 3.8) is 0 Å². The fourth-order valence-corrected chi connectivity index (χ4v) is 2.80. The van der Waals surface area contributed by atoms with E-state index in [2.05, 4.69) is 27.5 Å². The summed E-state index contributed by atoms with van der Waals surface area (Å²) in [6.07, 6.45) is 7.10. The molecule has 0 aliphatic heterocycles. The van der Waals surface area contributed by atoms with Gasteiger partial charge in [0.2, 0.25) is 0 Å². The Hall–Kier alpha value is -0.680. The summed E-state index contributed by atoms with van der Waals surface area (Å²) in [5.41, 5.74) is 1.25. The second-order valence-electron chi connectivity index (χ2n) is 4.33. The summed E-state index contributed by atoms with van der Waals surface area (Å²) in [6.45, 7) is 0.929. The first kappa shape index (κ1) is 16.4. The van der Waals surface area contributed by atoms with Gasteiger partial charge < -0.3 is 10.4 Å². The lowest BCUT2D eigenvalue weighted by Crippen LogP contribution is -2.03. The van der Waals surface area contributed by atoms with Gasteiger partial charge in [-0.05, 0) is 59.0 Å². The zero-order chi connectivity index (χ0) is 14.1. The molecule has 3 nitrogen and oxygen atoms in total. The van der Waals surface area contributed by atoms with Gasteiger partial charge in [-0.3, -0.25) is 0 Å². The number of aromatic carboxylic acids is 1. The molecule has 1 aromatic rings. The van der Waals surface area contributed by atoms with E-state index in [1.807, 2.05) is 23.9 Å². The van der Waals surface area contributed by atoms with Crippen LogP contribution in [0.15, 0.2) is 22.7 Å². The first-order valence-electron chi connectivity index (χ1n) is 6.41. The number of nitrogens with one attached hydrogen (secondary N) is 1. The first-order valence-corrected chi connectivity index (χ1v) is 8.59. The minimum Gasteiger partial charge on any atom is -0.478 e. The van der Waals surface area contributed by atoms with Crippen LogP contribution in [0.2, 0.25) is 0 Å². The van der Waals surface area contributed by atoms with E-state index >= 15 is 0 Å². The Morgan fingerprint density at radius 1 is 1.32 bits per heavy atom. The first-order chi connectivity index (χ1) is 9.15. The number of benzene rings is 1. The number of carboxylic acid groups (broad SMARTS) is 1. The van der Waals surface area contributed by atoms with Crippen molar-refractivity contribution in [2.24, 2.45) is 0 Å². The van der Waals surface area contributed by atoms with E-state index in [1.165, 1.54) is 25.0 Å². The molecule has 0 atom stereocenters. The molecule has 5 heteroatoms. The molecule has 2 N–H and O–H groups in total. The molecular weight excluding hydrogens is 326 g/mol. The largest absolute Gasteiger partial charge is 0.478 e. The van der Waals surface area contributed by atoms with Crippen molar-refractivity contribution in [1.82, 2.24) is 0 Å². The second kappa shape index (κ2) is 9.26. The molecule has 0 radical (unpaired) electrons. The number of unbranched alkanes of at least 4 members (excludes halogenated alkanes) is 3. The van der Waals surface area contributed by atoms with Gasteiger partial charge in [0.05, 0.1) is 5.56 Å². The van der Waals surface area contributed by atoms with Crippen LogP contribution in [0.1, 0.15) is 36.0 Å². The lowest BCUT2D eigenvalue weighted by molar-refractivity contribution is 0.0696. The maximum Gasteiger partial charge on any atom is 0.336 e. The highest BCUT2D eigenvalue weighted by atomic mass is 79.9. The molecule has 0 heterocycles. The quantitative estimate of drug-likeness (QED) is 0.647. The number of rotatable bonds is 9. The van der Waals surface area contributed by atoms with Crippen molar-refractivity contribution in [3.8, 4) is 0 Å². The van der Waals surface area contributed by atoms with E-state index in [0.29, 0.717) is 10.0 Å². The van der Waals surface area contributed by atoms with Crippen LogP contribution in [0.4, 0.5) is 5.69 Å². The van der Waals surface area contributed by atoms with Crippen molar-refractivity contribution >= 4 is 39.3 Å². The summed E-state index contributed by atoms with van der Waals surface area (Å²) in [5.74, 6) is 0.337. The Morgan fingerprint density at radius 2 is 2.05 bits per heavy atom. The van der Waals surface area contributed by atoms with E-state index in [-0.39, 0.29) is 0 Å². The minimum absolute atomic E-state index is 0.294. The standard InChI is InChI=1S/C14H20BrNO2S/c1-19-9-5-3-2-4-8-16-11-6-7-12(14(17)18)13(15)10-11/h6-7,10,16H,2-5,8-9H2,1H3,(H,17,18). The van der Waals surface area contributed by atoms with E-state index in [0.717, 1.165) is 18.7 Å². The summed E-state index contributed by atoms with van der Waals surface area (Å²) in [6, 6.07) is 5.24. The van der Waals surface area contributed by atoms with E-state index < -0.39 is 5.97 Å². The number of thioether (sulfide) groups is 1. The van der Waals surface area contributed by atoms with Crippen LogP contribution in [0, 0.1) is 0 Å². The molecule has 0 aliphatic rings. The summed E-state index contributed by atoms with van der Waals surface area (Å²) < 4.78 is 0.616. The van der Waals surface area contributed by atoms with E-state index in [9.17, 15) is 4.79 Å². The van der Waals surface area contributed by atoms with Gasteiger partial charge in [-0.1, -0.05) is 12.8 Å². The zero-order valence-corrected chi connectivity index (χ0v) is 13.5. The minimum atomic E-state index is -0.910. The average Bonchev–Trinajstić information content (AvgIpc) is 2.37. The number of anilines is 1. The fraction of sp³-hybridized carbons (Fsp3) is 0.500. The molecule has 19 heavy (non-hydrogen) atoms. The third-order valence-corrected chi connectivity index (χ3v) is 4.16. The highest BCUT2D eigenvalue weighted by molar-refractivity contribution is 9.10. The third-order valence-electron chi connectivity index (χ3n) is 2.80. The van der Waals surface area contributed by atoms with Crippen molar-refractivity contribution in [1.29, 1.82) is 0 Å². The molecular formula is C14H20BrNO2S. The predicted octanol–water partition coefficient (Wildman–Crippen LogP) is 4.48. The Labute approximate surface area is 127 Å². The highest BCUT2D eigenvalue weighted by Crippen LogP contribution is 2.21. The normalized spacial score (nSPS) is 10.4. The molecule has 1 aromatic carbocycles. The molecule has 1 rings (SSSR count). The topological polar surface area (TPSA) is 49.3 Å². The van der Waals surface area contributed by atoms with Crippen molar-refractivity contribution < 1.29 is 9.90 Å². The van der Waals surface area contributed by atoms with Crippen molar-refractivity contribution in [3.05, 3.63) is 28.2 Å². The van der Waals surface area contributed by atoms with Crippen molar-refractivity contribution in [2.75, 3.05) is 23.9 Å². The fourth-order valence-electron chi connectivity index (χ4n) is 1.76. The van der Waals surface area contributed by atoms with Gasteiger partial charge >= 0.3 is 5.97 Å². The lowest BCUT2D eigenvalue weighted by Gasteiger charge is -2.08. The van der Waals surface area contributed by atoms with Crippen LogP contribution in [0.5, 0.6) is 0 Å². The molecule has 0 saturated heterocycles. The zero-order valence-electron chi connectivity index (χ0n) is 11.1. The Bertz CT molecular complexity index is 412. The van der Waals surface area contributed by atoms with Gasteiger partial charge in [0, 0.05) is 16.7 Å². The molecule has 0 unspecified atom stereocenters. The van der Waals surface area contributed by atoms with Crippen LogP contribution < -0.4 is 5.32 Å². The van der Waals surface area contributed by atoms with Gasteiger partial charge in [-0.2, -0.15) is 11.8 Å². The summed E-state index contributed by atoms with van der Waals surface area (Å²) in [5, 5.41) is 12.2. The van der Waals surface area contributed by atoms with Gasteiger partial charge in [-0.25, -0.2) is 4.79 Å². The molecule has 0 fully saturated rings. The van der Waals surface area contributed by atoms with Crippen LogP contribution in [0.25, 0.3) is 0 Å². The average molecular weight is 346 g/mol. The molecule has 0 amide bonds. The van der Waals surface area contributed by atoms with Crippen LogP contribution in [-0.4, -0.2) is 29.6 Å². The lowest BCUT2D eigenvalue weighted by atomic mass is 10.2. The van der Waals surface area contributed by atoms with Crippen LogP contribution >= 0.6 is 27.7 Å². The maximum atomic E-state index is 10.9. The number of carbonyl (C=O) groups is 1. The highest BCUT2D eigenvalue weighted by Gasteiger charge is 2.07. The number of carboxylic acids is 1. The van der Waals surface area contributed by atoms with Gasteiger partial charge in [0.15, 0.2) is 0 Å². The van der Waals surface area contributed by atoms with Gasteiger partial charge in [0.25, 0.3) is 0 Å². The van der Waals surface area contributed by atoms with Gasteiger partial charge in [-0.15, -0.1) is 0 Å². The molecule has 0 aliphatic carbocycles. The summed E-state index contributed by atoms with van der Waals surface area (Å²) in [7, 11) is 0. The predicted molar refractivity (Wildman–Crippen MR) is 86.4 cm³/mol. The van der Waals surface area contributed by atoms with Crippen LogP contribution in [0.3, 0.4) is 0 Å².